The molecule has 1 rings (SSSR count). The van der Waals surface area contributed by atoms with Crippen LogP contribution in [-0.4, -0.2) is 23.3 Å². The summed E-state index contributed by atoms with van der Waals surface area (Å²) in [6.45, 7) is 20.2. The molecule has 0 saturated carbocycles. The van der Waals surface area contributed by atoms with Gasteiger partial charge in [0.25, 0.3) is 0 Å². The molecule has 0 aliphatic rings. The normalized spacial score (nSPS) is 14.0. The predicted octanol–water partition coefficient (Wildman–Crippen LogP) is 6.44. The van der Waals surface area contributed by atoms with E-state index in [0.29, 0.717) is 18.5 Å². The van der Waals surface area contributed by atoms with Crippen LogP contribution < -0.4 is 4.74 Å². The van der Waals surface area contributed by atoms with Crippen molar-refractivity contribution in [1.82, 2.24) is 0 Å². The molecule has 0 spiro atoms. The summed E-state index contributed by atoms with van der Waals surface area (Å²) in [6, 6.07) is 4.00. The second-order valence-electron chi connectivity index (χ2n) is 10.0. The molecule has 0 fully saturated rings. The third-order valence-electron chi connectivity index (χ3n) is 3.94. The number of carbonyl (C=O) groups excluding carboxylic acids is 1. The molecule has 0 heterocycles. The van der Waals surface area contributed by atoms with Gasteiger partial charge < -0.3 is 18.9 Å². The molecule has 0 aliphatic carbocycles. The molecule has 5 nitrogen and oxygen atoms in total. The lowest BCUT2D eigenvalue weighted by Gasteiger charge is -2.30. The quantitative estimate of drug-likeness (QED) is 0.343. The fourth-order valence-electron chi connectivity index (χ4n) is 2.71. The zero-order valence-corrected chi connectivity index (χ0v) is 20.0. The Morgan fingerprint density at radius 2 is 1.43 bits per heavy atom. The second-order valence-corrected chi connectivity index (χ2v) is 11.3. The minimum Gasteiger partial charge on any atom is -0.428 e. The lowest BCUT2D eigenvalue weighted by molar-refractivity contribution is 0.0199. The molecule has 6 heteroatoms. The molecule has 160 valence electrons. The van der Waals surface area contributed by atoms with E-state index in [2.05, 4.69) is 41.5 Å². The number of rotatable bonds is 5. The monoisotopic (exact) mass is 412 g/mol. The van der Waals surface area contributed by atoms with Gasteiger partial charge in [-0.2, -0.15) is 0 Å². The summed E-state index contributed by atoms with van der Waals surface area (Å²) in [5, 5.41) is 0. The number of ether oxygens (including phenoxy) is 2. The van der Waals surface area contributed by atoms with Crippen LogP contribution in [-0.2, 0) is 26.3 Å². The highest BCUT2D eigenvalue weighted by Gasteiger charge is 2.31. The minimum absolute atomic E-state index is 0.267. The average molecular weight is 413 g/mol. The second kappa shape index (κ2) is 9.11. The minimum atomic E-state index is -1.53. The van der Waals surface area contributed by atoms with Crippen molar-refractivity contribution in [3.63, 3.8) is 0 Å². The predicted molar refractivity (Wildman–Crippen MR) is 115 cm³/mol. The van der Waals surface area contributed by atoms with Gasteiger partial charge in [-0.1, -0.05) is 53.7 Å². The molecule has 1 atom stereocenters. The van der Waals surface area contributed by atoms with Crippen LogP contribution in [0, 0.1) is 0 Å². The highest BCUT2D eigenvalue weighted by Crippen LogP contribution is 2.44. The van der Waals surface area contributed by atoms with E-state index in [0.717, 1.165) is 16.7 Å². The molecule has 1 aromatic carbocycles. The van der Waals surface area contributed by atoms with Gasteiger partial charge in [-0.25, -0.2) is 4.79 Å². The Balaban J connectivity index is 3.51. The maximum absolute atomic E-state index is 12.4. The molecule has 0 aromatic heterocycles. The lowest BCUT2D eigenvalue weighted by Crippen LogP contribution is -2.28. The SMILES string of the molecule is CCOP(O)Cc1cc(C(C)(C)C)c(OC(=O)OC(C)(C)C)c(C(C)(C)C)c1. The number of hydrogen-bond acceptors (Lipinski definition) is 5. The van der Waals surface area contributed by atoms with E-state index in [1.165, 1.54) is 0 Å². The Labute approximate surface area is 171 Å². The van der Waals surface area contributed by atoms with Crippen LogP contribution in [0.5, 0.6) is 5.75 Å². The molecular weight excluding hydrogens is 375 g/mol. The lowest BCUT2D eigenvalue weighted by atomic mass is 9.78. The first-order chi connectivity index (χ1) is 12.5. The van der Waals surface area contributed by atoms with Crippen LogP contribution in [0.1, 0.15) is 85.9 Å². The van der Waals surface area contributed by atoms with Crippen molar-refractivity contribution in [3.8, 4) is 5.75 Å². The first-order valence-corrected chi connectivity index (χ1v) is 11.1. The standard InChI is InChI=1S/C22H37O5P/c1-11-25-28(24)14-15-12-16(20(2,3)4)18(17(13-15)21(5,6)7)26-19(23)27-22(8,9)10/h12-13,24H,11,14H2,1-10H3. The summed E-state index contributed by atoms with van der Waals surface area (Å²) in [5.74, 6) is 0.539. The fourth-order valence-corrected chi connectivity index (χ4v) is 3.59. The Morgan fingerprint density at radius 1 is 0.964 bits per heavy atom. The van der Waals surface area contributed by atoms with Crippen molar-refractivity contribution < 1.29 is 23.7 Å². The molecule has 1 unspecified atom stereocenters. The van der Waals surface area contributed by atoms with E-state index in [1.54, 1.807) is 0 Å². The number of benzene rings is 1. The van der Waals surface area contributed by atoms with Gasteiger partial charge in [0.15, 0.2) is 8.38 Å². The fraction of sp³-hybridized carbons (Fsp3) is 0.682. The van der Waals surface area contributed by atoms with E-state index in [9.17, 15) is 9.69 Å². The van der Waals surface area contributed by atoms with E-state index < -0.39 is 20.1 Å². The van der Waals surface area contributed by atoms with Crippen LogP contribution in [0.3, 0.4) is 0 Å². The van der Waals surface area contributed by atoms with Crippen molar-refractivity contribution in [2.75, 3.05) is 6.61 Å². The molecule has 0 aliphatic heterocycles. The maximum Gasteiger partial charge on any atom is 0.514 e. The molecule has 1 N–H and O–H groups in total. The van der Waals surface area contributed by atoms with Gasteiger partial charge in [-0.15, -0.1) is 0 Å². The Kier molecular flexibility index (Phi) is 8.09. The molecule has 28 heavy (non-hydrogen) atoms. The van der Waals surface area contributed by atoms with E-state index >= 15 is 0 Å². The van der Waals surface area contributed by atoms with Gasteiger partial charge >= 0.3 is 6.16 Å². The highest BCUT2D eigenvalue weighted by molar-refractivity contribution is 7.45. The van der Waals surface area contributed by atoms with Crippen molar-refractivity contribution in [2.24, 2.45) is 0 Å². The Hall–Kier alpha value is -1.16. The molecule has 0 amide bonds. The van der Waals surface area contributed by atoms with Gasteiger partial charge in [-0.3, -0.25) is 0 Å². The summed E-state index contributed by atoms with van der Waals surface area (Å²) in [4.78, 5) is 22.6. The van der Waals surface area contributed by atoms with Gasteiger partial charge in [0.2, 0.25) is 0 Å². The number of carbonyl (C=O) groups is 1. The summed E-state index contributed by atoms with van der Waals surface area (Å²) < 4.78 is 16.5. The summed E-state index contributed by atoms with van der Waals surface area (Å²) >= 11 is 0. The molecule has 0 bridgehead atoms. The topological polar surface area (TPSA) is 65.0 Å². The third-order valence-corrected chi connectivity index (χ3v) is 5.13. The van der Waals surface area contributed by atoms with Crippen LogP contribution in [0.15, 0.2) is 12.1 Å². The van der Waals surface area contributed by atoms with Crippen molar-refractivity contribution in [3.05, 3.63) is 28.8 Å². The van der Waals surface area contributed by atoms with Crippen molar-refractivity contribution >= 4 is 14.5 Å². The molecule has 0 radical (unpaired) electrons. The Bertz CT molecular complexity index is 643. The summed E-state index contributed by atoms with van der Waals surface area (Å²) in [7, 11) is -1.53. The summed E-state index contributed by atoms with van der Waals surface area (Å²) in [6.07, 6.45) is -0.280. The van der Waals surface area contributed by atoms with Gasteiger partial charge in [-0.05, 0) is 44.1 Å². The first-order valence-electron chi connectivity index (χ1n) is 9.72. The summed E-state index contributed by atoms with van der Waals surface area (Å²) in [5.41, 5.74) is 1.61. The van der Waals surface area contributed by atoms with Crippen LogP contribution >= 0.6 is 8.38 Å². The van der Waals surface area contributed by atoms with Gasteiger partial charge in [0, 0.05) is 17.3 Å². The van der Waals surface area contributed by atoms with E-state index in [4.69, 9.17) is 14.0 Å². The first kappa shape index (κ1) is 24.9. The largest absolute Gasteiger partial charge is 0.514 e. The van der Waals surface area contributed by atoms with Crippen LogP contribution in [0.2, 0.25) is 0 Å². The highest BCUT2D eigenvalue weighted by atomic mass is 31.2. The van der Waals surface area contributed by atoms with E-state index in [1.807, 2.05) is 39.8 Å². The van der Waals surface area contributed by atoms with Crippen molar-refractivity contribution in [2.45, 2.75) is 91.8 Å². The average Bonchev–Trinajstić information content (AvgIpc) is 2.44. The Morgan fingerprint density at radius 3 is 1.79 bits per heavy atom. The third kappa shape index (κ3) is 7.69. The zero-order valence-electron chi connectivity index (χ0n) is 19.1. The smallest absolute Gasteiger partial charge is 0.428 e. The van der Waals surface area contributed by atoms with E-state index in [-0.39, 0.29) is 10.8 Å². The van der Waals surface area contributed by atoms with Crippen LogP contribution in [0.25, 0.3) is 0 Å². The van der Waals surface area contributed by atoms with Gasteiger partial charge in [0.1, 0.15) is 11.4 Å². The maximum atomic E-state index is 12.4. The van der Waals surface area contributed by atoms with Crippen molar-refractivity contribution in [1.29, 1.82) is 0 Å². The molecular formula is C22H37O5P. The van der Waals surface area contributed by atoms with Gasteiger partial charge in [0.05, 0.1) is 6.61 Å². The molecule has 0 saturated heterocycles. The number of hydrogen-bond donors (Lipinski definition) is 1. The molecule has 1 aromatic rings. The zero-order chi connectivity index (χ0) is 21.9. The van der Waals surface area contributed by atoms with Crippen LogP contribution in [0.4, 0.5) is 4.79 Å².